The number of rotatable bonds is 6. The minimum Gasteiger partial charge on any atom is -0.461 e. The number of esters is 1. The predicted molar refractivity (Wildman–Crippen MR) is 167 cm³/mol. The second-order valence-corrected chi connectivity index (χ2v) is 13.8. The first-order chi connectivity index (χ1) is 22.4. The summed E-state index contributed by atoms with van der Waals surface area (Å²) in [6.07, 6.45) is -9.57. The van der Waals surface area contributed by atoms with Gasteiger partial charge in [-0.05, 0) is 111 Å². The summed E-state index contributed by atoms with van der Waals surface area (Å²) in [6, 6.07) is 17.2. The van der Waals surface area contributed by atoms with Crippen molar-refractivity contribution in [1.29, 1.82) is 0 Å². The minimum atomic E-state index is -5.05. The molecule has 0 aromatic heterocycles. The van der Waals surface area contributed by atoms with Crippen LogP contribution >= 0.6 is 0 Å². The largest absolute Gasteiger partial charge is 0.461 e. The van der Waals surface area contributed by atoms with Crippen LogP contribution < -0.4 is 0 Å². The zero-order chi connectivity index (χ0) is 35.0. The zero-order valence-corrected chi connectivity index (χ0v) is 27.2. The van der Waals surface area contributed by atoms with Crippen molar-refractivity contribution in [3.8, 4) is 0 Å². The highest BCUT2D eigenvalue weighted by molar-refractivity contribution is 5.89. The maximum atomic E-state index is 14.1. The number of carbonyl (C=O) groups excluding carboxylic acids is 2. The van der Waals surface area contributed by atoms with Crippen LogP contribution in [-0.4, -0.2) is 42.3 Å². The van der Waals surface area contributed by atoms with Gasteiger partial charge in [0.25, 0.3) is 0 Å². The molecule has 2 aliphatic rings. The number of benzene rings is 3. The second-order valence-electron chi connectivity index (χ2n) is 13.8. The molecule has 1 amide bonds. The molecule has 258 valence electrons. The lowest BCUT2D eigenvalue weighted by Gasteiger charge is -2.44. The average Bonchev–Trinajstić information content (AvgIpc) is 3.45. The van der Waals surface area contributed by atoms with Crippen LogP contribution in [0.5, 0.6) is 0 Å². The van der Waals surface area contributed by atoms with Gasteiger partial charge < -0.3 is 14.4 Å². The Bertz CT molecular complexity index is 1580. The monoisotopic (exact) mass is 675 g/mol. The molecule has 1 heterocycles. The third kappa shape index (κ3) is 7.98. The lowest BCUT2D eigenvalue weighted by Crippen LogP contribution is -2.38. The number of aryl methyl sites for hydroxylation is 1. The fourth-order valence-electron chi connectivity index (χ4n) is 7.34. The number of halogens is 6. The van der Waals surface area contributed by atoms with Crippen molar-refractivity contribution in [2.75, 3.05) is 19.7 Å². The van der Waals surface area contributed by atoms with E-state index in [9.17, 15) is 35.9 Å². The Morgan fingerprint density at radius 1 is 0.833 bits per heavy atom. The van der Waals surface area contributed by atoms with Crippen molar-refractivity contribution in [3.05, 3.63) is 106 Å². The maximum absolute atomic E-state index is 14.1. The molecule has 2 fully saturated rings. The summed E-state index contributed by atoms with van der Waals surface area (Å²) >= 11 is 0. The molecule has 1 saturated carbocycles. The molecule has 3 aromatic carbocycles. The van der Waals surface area contributed by atoms with Gasteiger partial charge in [0.05, 0.1) is 23.3 Å². The van der Waals surface area contributed by atoms with Crippen molar-refractivity contribution >= 4 is 12.1 Å². The van der Waals surface area contributed by atoms with E-state index < -0.39 is 59.6 Å². The van der Waals surface area contributed by atoms with Gasteiger partial charge in [0.2, 0.25) is 0 Å². The van der Waals surface area contributed by atoms with Crippen LogP contribution in [0.4, 0.5) is 31.1 Å². The van der Waals surface area contributed by atoms with Gasteiger partial charge in [-0.2, -0.15) is 26.3 Å². The number of hydrogen-bond acceptors (Lipinski definition) is 4. The van der Waals surface area contributed by atoms with E-state index >= 15 is 0 Å². The quantitative estimate of drug-likeness (QED) is 0.193. The fourth-order valence-corrected chi connectivity index (χ4v) is 7.34. The number of ether oxygens (including phenoxy) is 2. The van der Waals surface area contributed by atoms with Gasteiger partial charge in [0.15, 0.2) is 0 Å². The van der Waals surface area contributed by atoms with E-state index in [1.165, 1.54) is 12.1 Å². The minimum absolute atomic E-state index is 0.0261. The summed E-state index contributed by atoms with van der Waals surface area (Å²) in [4.78, 5) is 27.9. The molecule has 0 spiro atoms. The third-order valence-corrected chi connectivity index (χ3v) is 9.44. The van der Waals surface area contributed by atoms with Crippen molar-refractivity contribution in [1.82, 2.24) is 4.90 Å². The highest BCUT2D eigenvalue weighted by Crippen LogP contribution is 2.54. The van der Waals surface area contributed by atoms with Gasteiger partial charge in [-0.3, -0.25) is 0 Å². The molecule has 0 N–H and O–H groups in total. The maximum Gasteiger partial charge on any atom is 0.416 e. The van der Waals surface area contributed by atoms with Crippen LogP contribution in [0.2, 0.25) is 0 Å². The molecule has 1 saturated heterocycles. The van der Waals surface area contributed by atoms with Gasteiger partial charge in [0.1, 0.15) is 5.60 Å². The van der Waals surface area contributed by atoms with Gasteiger partial charge in [-0.25, -0.2) is 9.59 Å². The smallest absolute Gasteiger partial charge is 0.416 e. The van der Waals surface area contributed by atoms with Crippen LogP contribution in [-0.2, 0) is 21.8 Å². The first-order valence-corrected chi connectivity index (χ1v) is 16.0. The Hall–Kier alpha value is -4.02. The van der Waals surface area contributed by atoms with Crippen molar-refractivity contribution in [3.63, 3.8) is 0 Å². The van der Waals surface area contributed by atoms with Crippen molar-refractivity contribution in [2.45, 2.75) is 70.3 Å². The normalized spacial score (nSPS) is 22.2. The Morgan fingerprint density at radius 3 is 2.02 bits per heavy atom. The molecule has 0 radical (unpaired) electrons. The topological polar surface area (TPSA) is 55.8 Å². The standard InChI is InChI=1S/C37H39F6NO4/c1-22-10-8-9-13-28(22)32-29(15-14-24-19-44(20-30(24)32)34(46)48-35(2,3)4)31(21-47-33(45)23-11-6-5-7-12-23)25-16-26(36(38,39)40)18-27(17-25)37(41,42)43/h5-13,16-18,24,29-32H,14-15,19-21H2,1-4H3/t24-,29-,30-,31+,32-/m1/s1. The van der Waals surface area contributed by atoms with E-state index in [0.29, 0.717) is 25.9 Å². The molecular weight excluding hydrogens is 636 g/mol. The number of nitrogens with zero attached hydrogens (tertiary/aromatic N) is 1. The molecule has 5 rings (SSSR count). The van der Waals surface area contributed by atoms with Crippen LogP contribution in [0.15, 0.2) is 72.8 Å². The second kappa shape index (κ2) is 13.5. The number of amides is 1. The summed E-state index contributed by atoms with van der Waals surface area (Å²) in [5.41, 5.74) is -1.78. The zero-order valence-electron chi connectivity index (χ0n) is 27.2. The van der Waals surface area contributed by atoms with E-state index in [4.69, 9.17) is 9.47 Å². The van der Waals surface area contributed by atoms with Crippen LogP contribution in [0.3, 0.4) is 0 Å². The Labute approximate surface area is 276 Å². The van der Waals surface area contributed by atoms with Gasteiger partial charge in [-0.1, -0.05) is 42.5 Å². The number of alkyl halides is 6. The fraction of sp³-hybridized carbons (Fsp3) is 0.459. The first kappa shape index (κ1) is 35.3. The lowest BCUT2D eigenvalue weighted by molar-refractivity contribution is -0.143. The van der Waals surface area contributed by atoms with E-state index in [1.807, 2.05) is 31.2 Å². The lowest BCUT2D eigenvalue weighted by atomic mass is 9.60. The summed E-state index contributed by atoms with van der Waals surface area (Å²) < 4.78 is 95.8. The van der Waals surface area contributed by atoms with E-state index in [-0.39, 0.29) is 34.9 Å². The molecule has 1 aliphatic heterocycles. The number of hydrogen-bond donors (Lipinski definition) is 0. The SMILES string of the molecule is Cc1ccccc1[C@H]1[C@@H]2CN(C(=O)OC(C)(C)C)C[C@H]2CC[C@@H]1[C@@H](COC(=O)c1ccccc1)c1cc(C(F)(F)F)cc(C(F)(F)F)c1. The first-order valence-electron chi connectivity index (χ1n) is 16.0. The summed E-state index contributed by atoms with van der Waals surface area (Å²) in [7, 11) is 0. The number of fused-ring (bicyclic) bond motifs is 1. The molecule has 11 heteroatoms. The van der Waals surface area contributed by atoms with Crippen LogP contribution in [0.25, 0.3) is 0 Å². The molecule has 1 aliphatic carbocycles. The Kier molecular flexibility index (Phi) is 9.91. The molecule has 5 nitrogen and oxygen atoms in total. The molecule has 3 aromatic rings. The summed E-state index contributed by atoms with van der Waals surface area (Å²) in [5, 5.41) is 0. The van der Waals surface area contributed by atoms with Crippen molar-refractivity contribution < 1.29 is 45.4 Å². The molecule has 5 atom stereocenters. The van der Waals surface area contributed by atoms with Crippen LogP contribution in [0.1, 0.15) is 83.6 Å². The summed E-state index contributed by atoms with van der Waals surface area (Å²) in [6.45, 7) is 7.51. The predicted octanol–water partition coefficient (Wildman–Crippen LogP) is 9.65. The third-order valence-electron chi connectivity index (χ3n) is 9.44. The molecule has 0 unspecified atom stereocenters. The molecule has 48 heavy (non-hydrogen) atoms. The van der Waals surface area contributed by atoms with Crippen LogP contribution in [0, 0.1) is 24.7 Å². The molecular formula is C37H39F6NO4. The van der Waals surface area contributed by atoms with Crippen molar-refractivity contribution in [2.24, 2.45) is 17.8 Å². The average molecular weight is 676 g/mol. The van der Waals surface area contributed by atoms with Gasteiger partial charge in [0, 0.05) is 19.0 Å². The number of carbonyl (C=O) groups is 2. The van der Waals surface area contributed by atoms with Gasteiger partial charge >= 0.3 is 24.4 Å². The Balaban J connectivity index is 1.61. The Morgan fingerprint density at radius 2 is 1.44 bits per heavy atom. The number of likely N-dealkylation sites (tertiary alicyclic amines) is 1. The highest BCUT2D eigenvalue weighted by atomic mass is 19.4. The van der Waals surface area contributed by atoms with Gasteiger partial charge in [-0.15, -0.1) is 0 Å². The summed E-state index contributed by atoms with van der Waals surface area (Å²) in [5.74, 6) is -2.81. The van der Waals surface area contributed by atoms with E-state index in [1.54, 1.807) is 43.9 Å². The van der Waals surface area contributed by atoms with E-state index in [2.05, 4.69) is 0 Å². The molecule has 0 bridgehead atoms. The van der Waals surface area contributed by atoms with E-state index in [0.717, 1.165) is 23.3 Å². The highest BCUT2D eigenvalue weighted by Gasteiger charge is 2.50.